The van der Waals surface area contributed by atoms with Gasteiger partial charge in [0.1, 0.15) is 17.1 Å². The van der Waals surface area contributed by atoms with Crippen molar-refractivity contribution < 1.29 is 36.2 Å². The third kappa shape index (κ3) is 5.54. The van der Waals surface area contributed by atoms with Gasteiger partial charge in [-0.3, -0.25) is 4.79 Å². The number of aliphatic hydroxyl groups is 1. The number of nitrogens with one attached hydrogen (secondary N) is 1. The van der Waals surface area contributed by atoms with Crippen LogP contribution in [0.25, 0.3) is 11.1 Å². The Morgan fingerprint density at radius 3 is 2.44 bits per heavy atom. The van der Waals surface area contributed by atoms with Gasteiger partial charge in [-0.15, -0.1) is 0 Å². The van der Waals surface area contributed by atoms with Crippen molar-refractivity contribution >= 4 is 33.3 Å². The number of carbonyl (C=O) groups excluding carboxylic acids is 1. The molecule has 0 unspecified atom stereocenters. The molecule has 2 aromatic carbocycles. The number of pyridine rings is 1. The summed E-state index contributed by atoms with van der Waals surface area (Å²) in [6, 6.07) is 14.8. The normalized spacial score (nSPS) is 18.6. The summed E-state index contributed by atoms with van der Waals surface area (Å²) in [5, 5.41) is 8.70. The highest BCUT2D eigenvalue weighted by Gasteiger charge is 2.56. The van der Waals surface area contributed by atoms with Crippen molar-refractivity contribution in [2.24, 2.45) is 0 Å². The van der Waals surface area contributed by atoms with Gasteiger partial charge < -0.3 is 14.7 Å². The number of amides is 1. The Kier molecular flexibility index (Phi) is 6.98. The van der Waals surface area contributed by atoms with Crippen molar-refractivity contribution in [2.45, 2.75) is 42.2 Å². The van der Waals surface area contributed by atoms with Crippen molar-refractivity contribution in [3.63, 3.8) is 0 Å². The molecule has 206 valence electrons. The topological polar surface area (TPSA) is 109 Å². The van der Waals surface area contributed by atoms with Gasteiger partial charge in [0.25, 0.3) is 15.9 Å². The standard InChI is InChI=1S/C26H23ClF3N3O5S/c27-19-10-9-18(16-5-2-1-3-6-16)23(22(19)26(28,29)30)38-25(12-13-25)24(35)32-39(36,37)21-8-4-7-20(31-21)33-14-11-17(34)15-33/h1-10,17,34H,11-15H2,(H,32,35)/t17-/m0/s1. The lowest BCUT2D eigenvalue weighted by Gasteiger charge is -2.24. The average molecular weight is 582 g/mol. The lowest BCUT2D eigenvalue weighted by molar-refractivity contribution is -0.141. The van der Waals surface area contributed by atoms with E-state index < -0.39 is 55.2 Å². The summed E-state index contributed by atoms with van der Waals surface area (Å²) in [6.07, 6.45) is -4.99. The summed E-state index contributed by atoms with van der Waals surface area (Å²) in [5.41, 5.74) is -2.66. The molecule has 1 aliphatic carbocycles. The predicted molar refractivity (Wildman–Crippen MR) is 137 cm³/mol. The molecule has 1 aromatic heterocycles. The molecule has 2 heterocycles. The maximum atomic E-state index is 14.1. The van der Waals surface area contributed by atoms with Gasteiger partial charge in [-0.1, -0.05) is 48.0 Å². The SMILES string of the molecule is O=C(NS(=O)(=O)c1cccc(N2CC[C@H](O)C2)n1)C1(Oc2c(-c3ccccc3)ccc(Cl)c2C(F)(F)F)CC1. The van der Waals surface area contributed by atoms with Crippen LogP contribution in [0.2, 0.25) is 5.02 Å². The summed E-state index contributed by atoms with van der Waals surface area (Å²) < 4.78 is 76.1. The summed E-state index contributed by atoms with van der Waals surface area (Å²) in [6.45, 7) is 0.761. The molecule has 5 rings (SSSR count). The van der Waals surface area contributed by atoms with Crippen LogP contribution in [0.5, 0.6) is 5.75 Å². The lowest BCUT2D eigenvalue weighted by atomic mass is 10.0. The predicted octanol–water partition coefficient (Wildman–Crippen LogP) is 4.41. The monoisotopic (exact) mass is 581 g/mol. The molecule has 0 spiro atoms. The third-order valence-electron chi connectivity index (χ3n) is 6.59. The van der Waals surface area contributed by atoms with Gasteiger partial charge in [0.15, 0.2) is 10.6 Å². The average Bonchev–Trinajstić information content (AvgIpc) is 3.54. The zero-order chi connectivity index (χ0) is 28.0. The number of hydrogen-bond donors (Lipinski definition) is 2. The van der Waals surface area contributed by atoms with Crippen LogP contribution in [0.15, 0.2) is 65.7 Å². The van der Waals surface area contributed by atoms with Crippen LogP contribution in [0.1, 0.15) is 24.8 Å². The highest BCUT2D eigenvalue weighted by molar-refractivity contribution is 7.90. The molecule has 2 aliphatic rings. The smallest absolute Gasteiger partial charge is 0.421 e. The van der Waals surface area contributed by atoms with Crippen LogP contribution in [-0.2, 0) is 21.0 Å². The van der Waals surface area contributed by atoms with E-state index in [1.165, 1.54) is 18.2 Å². The number of alkyl halides is 3. The number of β-amino-alcohol motifs (C(OH)–C–C–N with tert-alkyl or cyclic N) is 1. The number of nitrogens with zero attached hydrogens (tertiary/aromatic N) is 2. The number of aromatic nitrogens is 1. The van der Waals surface area contributed by atoms with E-state index in [4.69, 9.17) is 16.3 Å². The number of anilines is 1. The zero-order valence-electron chi connectivity index (χ0n) is 20.3. The Morgan fingerprint density at radius 2 is 1.82 bits per heavy atom. The molecular formula is C26H23ClF3N3O5S. The van der Waals surface area contributed by atoms with Gasteiger partial charge in [0.05, 0.1) is 11.1 Å². The summed E-state index contributed by atoms with van der Waals surface area (Å²) in [7, 11) is -4.50. The van der Waals surface area contributed by atoms with Gasteiger partial charge in [-0.25, -0.2) is 9.71 Å². The third-order valence-corrected chi connectivity index (χ3v) is 8.14. The van der Waals surface area contributed by atoms with Crippen LogP contribution in [-0.4, -0.2) is 49.2 Å². The van der Waals surface area contributed by atoms with Crippen molar-refractivity contribution in [1.82, 2.24) is 9.71 Å². The van der Waals surface area contributed by atoms with E-state index in [-0.39, 0.29) is 24.9 Å². The fourth-order valence-corrected chi connectivity index (χ4v) is 5.67. The number of benzene rings is 2. The molecule has 1 aliphatic heterocycles. The zero-order valence-corrected chi connectivity index (χ0v) is 21.9. The molecule has 1 amide bonds. The molecule has 1 saturated carbocycles. The maximum absolute atomic E-state index is 14.1. The van der Waals surface area contributed by atoms with E-state index in [1.807, 2.05) is 4.72 Å². The van der Waals surface area contributed by atoms with Crippen LogP contribution < -0.4 is 14.4 Å². The summed E-state index contributed by atoms with van der Waals surface area (Å²) in [5.74, 6) is -1.46. The Balaban J connectivity index is 1.45. The minimum absolute atomic E-state index is 0.00840. The molecule has 0 bridgehead atoms. The van der Waals surface area contributed by atoms with E-state index >= 15 is 0 Å². The Hall–Kier alpha value is -3.35. The summed E-state index contributed by atoms with van der Waals surface area (Å²) in [4.78, 5) is 19.0. The fraction of sp³-hybridized carbons (Fsp3) is 0.308. The van der Waals surface area contributed by atoms with E-state index in [9.17, 15) is 31.5 Å². The second-order valence-electron chi connectivity index (χ2n) is 9.42. The van der Waals surface area contributed by atoms with Crippen LogP contribution in [0.4, 0.5) is 19.0 Å². The first-order valence-electron chi connectivity index (χ1n) is 12.0. The first kappa shape index (κ1) is 27.2. The number of ether oxygens (including phenoxy) is 1. The number of halogens is 4. The van der Waals surface area contributed by atoms with Gasteiger partial charge in [-0.05, 0) is 36.2 Å². The van der Waals surface area contributed by atoms with E-state index in [1.54, 1.807) is 41.3 Å². The summed E-state index contributed by atoms with van der Waals surface area (Å²) >= 11 is 5.94. The van der Waals surface area contributed by atoms with E-state index in [0.717, 1.165) is 6.07 Å². The molecule has 2 fully saturated rings. The Bertz CT molecular complexity index is 1510. The molecule has 1 atom stereocenters. The highest BCUT2D eigenvalue weighted by atomic mass is 35.5. The minimum atomic E-state index is -4.91. The lowest BCUT2D eigenvalue weighted by Crippen LogP contribution is -2.44. The quantitative estimate of drug-likeness (QED) is 0.425. The largest absolute Gasteiger partial charge is 0.476 e. The molecular weight excluding hydrogens is 559 g/mol. The van der Waals surface area contributed by atoms with E-state index in [2.05, 4.69) is 4.98 Å². The highest BCUT2D eigenvalue weighted by Crippen LogP contribution is 2.50. The molecule has 3 aromatic rings. The van der Waals surface area contributed by atoms with Gasteiger partial charge >= 0.3 is 6.18 Å². The van der Waals surface area contributed by atoms with Crippen molar-refractivity contribution in [3.05, 3.63) is 71.2 Å². The molecule has 8 nitrogen and oxygen atoms in total. The van der Waals surface area contributed by atoms with Crippen molar-refractivity contribution in [1.29, 1.82) is 0 Å². The first-order valence-corrected chi connectivity index (χ1v) is 13.9. The Labute approximate surface area is 227 Å². The van der Waals surface area contributed by atoms with Crippen LogP contribution >= 0.6 is 11.6 Å². The number of rotatable bonds is 7. The van der Waals surface area contributed by atoms with Crippen molar-refractivity contribution in [2.75, 3.05) is 18.0 Å². The fourth-order valence-electron chi connectivity index (χ4n) is 4.41. The second kappa shape index (κ2) is 10.00. The Morgan fingerprint density at radius 1 is 1.10 bits per heavy atom. The maximum Gasteiger partial charge on any atom is 0.421 e. The molecule has 2 N–H and O–H groups in total. The van der Waals surface area contributed by atoms with E-state index in [0.29, 0.717) is 24.3 Å². The number of aliphatic hydroxyl groups excluding tert-OH is 1. The first-order chi connectivity index (χ1) is 18.4. The minimum Gasteiger partial charge on any atom is -0.476 e. The number of carbonyl (C=O) groups is 1. The van der Waals surface area contributed by atoms with Gasteiger partial charge in [0.2, 0.25) is 0 Å². The number of hydrogen-bond acceptors (Lipinski definition) is 7. The molecule has 0 radical (unpaired) electrons. The molecule has 39 heavy (non-hydrogen) atoms. The molecule has 1 saturated heterocycles. The van der Waals surface area contributed by atoms with Gasteiger partial charge in [-0.2, -0.15) is 21.6 Å². The van der Waals surface area contributed by atoms with Gasteiger partial charge in [0, 0.05) is 31.5 Å². The van der Waals surface area contributed by atoms with Crippen molar-refractivity contribution in [3.8, 4) is 16.9 Å². The second-order valence-corrected chi connectivity index (χ2v) is 11.5. The molecule has 13 heteroatoms. The number of sulfonamides is 1. The van der Waals surface area contributed by atoms with Crippen LogP contribution in [0.3, 0.4) is 0 Å². The van der Waals surface area contributed by atoms with Crippen LogP contribution in [0, 0.1) is 0 Å².